The molecule has 1 aromatic heterocycles. The molecule has 1 saturated heterocycles. The van der Waals surface area contributed by atoms with Crippen LogP contribution in [0.3, 0.4) is 0 Å². The van der Waals surface area contributed by atoms with E-state index in [0.29, 0.717) is 11.1 Å². The fraction of sp³-hybridized carbons (Fsp3) is 0.632. The maximum absolute atomic E-state index is 11.6. The summed E-state index contributed by atoms with van der Waals surface area (Å²) in [7, 11) is 0. The molecule has 1 aliphatic heterocycles. The summed E-state index contributed by atoms with van der Waals surface area (Å²) < 4.78 is 0. The second-order valence-corrected chi connectivity index (χ2v) is 7.57. The van der Waals surface area contributed by atoms with Crippen molar-refractivity contribution in [3.05, 3.63) is 40.5 Å². The van der Waals surface area contributed by atoms with Gasteiger partial charge in [-0.05, 0) is 31.4 Å². The van der Waals surface area contributed by atoms with Crippen molar-refractivity contribution in [2.45, 2.75) is 50.6 Å². The fourth-order valence-electron chi connectivity index (χ4n) is 4.14. The summed E-state index contributed by atoms with van der Waals surface area (Å²) in [5.41, 5.74) is 0.349. The number of pyridine rings is 1. The molecule has 0 spiro atoms. The number of halogens is 1. The Hall–Kier alpha value is -1.64. The molecule has 0 radical (unpaired) electrons. The van der Waals surface area contributed by atoms with Crippen molar-refractivity contribution in [3.8, 4) is 0 Å². The molecule has 25 heavy (non-hydrogen) atoms. The minimum absolute atomic E-state index is 0.173. The standard InChI is InChI=1S/C19H25ClN4O/c1-15(25)23-10-3-11-24(13-12-23)17-6-8-19(21-2,9-7-17)18-5-4-16(20)14-22-18/h4-5,14,17H,3,6-13H2,1H3. The Balaban J connectivity index is 1.63. The van der Waals surface area contributed by atoms with Gasteiger partial charge in [0, 0.05) is 58.2 Å². The lowest BCUT2D eigenvalue weighted by Gasteiger charge is -2.37. The summed E-state index contributed by atoms with van der Waals surface area (Å²) in [6.07, 6.45) is 6.36. The van der Waals surface area contributed by atoms with Crippen molar-refractivity contribution in [2.75, 3.05) is 26.2 Å². The molecule has 0 unspecified atom stereocenters. The number of amides is 1. The first-order chi connectivity index (χ1) is 12.0. The van der Waals surface area contributed by atoms with Crippen LogP contribution in [-0.4, -0.2) is 52.9 Å². The third-order valence-electron chi connectivity index (χ3n) is 5.69. The van der Waals surface area contributed by atoms with Gasteiger partial charge in [-0.2, -0.15) is 0 Å². The van der Waals surface area contributed by atoms with E-state index in [-0.39, 0.29) is 5.91 Å². The number of carbonyl (C=O) groups is 1. The molecule has 6 heteroatoms. The molecular weight excluding hydrogens is 336 g/mol. The number of rotatable bonds is 2. The van der Waals surface area contributed by atoms with Gasteiger partial charge >= 0.3 is 0 Å². The van der Waals surface area contributed by atoms with Crippen molar-refractivity contribution in [3.63, 3.8) is 0 Å². The molecule has 1 aliphatic carbocycles. The van der Waals surface area contributed by atoms with E-state index < -0.39 is 5.54 Å². The highest BCUT2D eigenvalue weighted by atomic mass is 35.5. The average molecular weight is 361 g/mol. The largest absolute Gasteiger partial charge is 0.342 e. The van der Waals surface area contributed by atoms with Crippen molar-refractivity contribution >= 4 is 17.5 Å². The fourth-order valence-corrected chi connectivity index (χ4v) is 4.25. The van der Waals surface area contributed by atoms with E-state index >= 15 is 0 Å². The van der Waals surface area contributed by atoms with Gasteiger partial charge < -0.3 is 9.74 Å². The van der Waals surface area contributed by atoms with E-state index in [9.17, 15) is 4.79 Å². The maximum atomic E-state index is 11.6. The summed E-state index contributed by atoms with van der Waals surface area (Å²) in [5, 5.41) is 0.608. The first-order valence-electron chi connectivity index (χ1n) is 9.04. The number of aromatic nitrogens is 1. The van der Waals surface area contributed by atoms with Crippen LogP contribution < -0.4 is 0 Å². The van der Waals surface area contributed by atoms with Crippen LogP contribution in [0.15, 0.2) is 18.3 Å². The average Bonchev–Trinajstić information content (AvgIpc) is 2.89. The third-order valence-corrected chi connectivity index (χ3v) is 5.92. The zero-order valence-corrected chi connectivity index (χ0v) is 15.5. The zero-order valence-electron chi connectivity index (χ0n) is 14.7. The molecule has 0 atom stereocenters. The van der Waals surface area contributed by atoms with Crippen molar-refractivity contribution < 1.29 is 4.79 Å². The van der Waals surface area contributed by atoms with Gasteiger partial charge in [0.15, 0.2) is 0 Å². The summed E-state index contributed by atoms with van der Waals surface area (Å²) in [5.74, 6) is 0.173. The van der Waals surface area contributed by atoms with Crippen LogP contribution in [-0.2, 0) is 10.3 Å². The van der Waals surface area contributed by atoms with E-state index in [2.05, 4.69) is 14.7 Å². The van der Waals surface area contributed by atoms with E-state index in [0.717, 1.165) is 64.0 Å². The first-order valence-corrected chi connectivity index (χ1v) is 9.42. The Bertz CT molecular complexity index is 646. The lowest BCUT2D eigenvalue weighted by molar-refractivity contribution is -0.128. The van der Waals surface area contributed by atoms with Crippen molar-refractivity contribution in [2.24, 2.45) is 0 Å². The van der Waals surface area contributed by atoms with E-state index in [4.69, 9.17) is 18.2 Å². The van der Waals surface area contributed by atoms with E-state index in [1.807, 2.05) is 17.0 Å². The highest BCUT2D eigenvalue weighted by Gasteiger charge is 2.45. The second-order valence-electron chi connectivity index (χ2n) is 7.13. The Morgan fingerprint density at radius 3 is 2.64 bits per heavy atom. The van der Waals surface area contributed by atoms with Gasteiger partial charge in [0.2, 0.25) is 5.91 Å². The van der Waals surface area contributed by atoms with Gasteiger partial charge in [-0.15, -0.1) is 0 Å². The van der Waals surface area contributed by atoms with Crippen LogP contribution in [0.2, 0.25) is 5.02 Å². The number of carbonyl (C=O) groups excluding carboxylic acids is 1. The van der Waals surface area contributed by atoms with Crippen LogP contribution in [0, 0.1) is 6.57 Å². The van der Waals surface area contributed by atoms with E-state index in [1.54, 1.807) is 13.1 Å². The minimum atomic E-state index is -0.502. The summed E-state index contributed by atoms with van der Waals surface area (Å²) in [4.78, 5) is 24.5. The molecule has 1 amide bonds. The highest BCUT2D eigenvalue weighted by Crippen LogP contribution is 2.41. The summed E-state index contributed by atoms with van der Waals surface area (Å²) >= 11 is 5.94. The highest BCUT2D eigenvalue weighted by molar-refractivity contribution is 6.30. The summed E-state index contributed by atoms with van der Waals surface area (Å²) in [6, 6.07) is 4.24. The number of hydrogen-bond donors (Lipinski definition) is 0. The molecule has 2 heterocycles. The molecular formula is C19H25ClN4O. The first kappa shape index (κ1) is 18.2. The van der Waals surface area contributed by atoms with Crippen LogP contribution in [0.5, 0.6) is 0 Å². The van der Waals surface area contributed by atoms with Gasteiger partial charge in [0.05, 0.1) is 5.02 Å². The van der Waals surface area contributed by atoms with E-state index in [1.165, 1.54) is 0 Å². The van der Waals surface area contributed by atoms with Crippen molar-refractivity contribution in [1.82, 2.24) is 14.8 Å². The topological polar surface area (TPSA) is 40.8 Å². The van der Waals surface area contributed by atoms with Gasteiger partial charge in [0.1, 0.15) is 5.69 Å². The third kappa shape index (κ3) is 3.96. The SMILES string of the molecule is [C-]#[N+]C1(c2ccc(Cl)cn2)CCC(N2CCCN(C(C)=O)CC2)CC1. The molecule has 1 saturated carbocycles. The molecule has 2 fully saturated rings. The smallest absolute Gasteiger partial charge is 0.274 e. The molecule has 0 N–H and O–H groups in total. The second kappa shape index (κ2) is 7.72. The van der Waals surface area contributed by atoms with Gasteiger partial charge in [-0.1, -0.05) is 11.6 Å². The molecule has 3 rings (SSSR count). The number of hydrogen-bond acceptors (Lipinski definition) is 3. The molecule has 1 aromatic rings. The Morgan fingerprint density at radius 2 is 2.04 bits per heavy atom. The van der Waals surface area contributed by atoms with Gasteiger partial charge in [0.25, 0.3) is 5.54 Å². The number of nitrogens with zero attached hydrogens (tertiary/aromatic N) is 4. The Kier molecular flexibility index (Phi) is 5.61. The molecule has 0 bridgehead atoms. The lowest BCUT2D eigenvalue weighted by Crippen LogP contribution is -2.43. The molecule has 2 aliphatic rings. The molecule has 134 valence electrons. The Morgan fingerprint density at radius 1 is 1.28 bits per heavy atom. The quantitative estimate of drug-likeness (QED) is 0.759. The molecule has 5 nitrogen and oxygen atoms in total. The predicted octanol–water partition coefficient (Wildman–Crippen LogP) is 3.35. The predicted molar refractivity (Wildman–Crippen MR) is 98.2 cm³/mol. The zero-order chi connectivity index (χ0) is 17.9. The lowest BCUT2D eigenvalue weighted by atomic mass is 9.77. The maximum Gasteiger partial charge on any atom is 0.274 e. The van der Waals surface area contributed by atoms with Gasteiger partial charge in [-0.3, -0.25) is 14.7 Å². The normalized spacial score (nSPS) is 28.2. The van der Waals surface area contributed by atoms with Crippen LogP contribution in [0.25, 0.3) is 4.85 Å². The van der Waals surface area contributed by atoms with Gasteiger partial charge in [-0.25, -0.2) is 6.57 Å². The molecule has 0 aromatic carbocycles. The van der Waals surface area contributed by atoms with Crippen LogP contribution in [0.1, 0.15) is 44.7 Å². The summed E-state index contributed by atoms with van der Waals surface area (Å²) in [6.45, 7) is 13.1. The Labute approximate surface area is 154 Å². The van der Waals surface area contributed by atoms with Crippen LogP contribution >= 0.6 is 11.6 Å². The monoisotopic (exact) mass is 360 g/mol. The van der Waals surface area contributed by atoms with Crippen LogP contribution in [0.4, 0.5) is 0 Å². The minimum Gasteiger partial charge on any atom is -0.342 e. The van der Waals surface area contributed by atoms with Crippen molar-refractivity contribution in [1.29, 1.82) is 0 Å².